The zero-order chi connectivity index (χ0) is 23.2. The van der Waals surface area contributed by atoms with Crippen LogP contribution in [-0.2, 0) is 11.2 Å². The number of carbonyl (C=O) groups is 2. The van der Waals surface area contributed by atoms with Gasteiger partial charge in [0.1, 0.15) is 11.5 Å². The number of fused-ring (bicyclic) bond motifs is 1. The largest absolute Gasteiger partial charge is 0.497 e. The maximum atomic E-state index is 12.7. The Morgan fingerprint density at radius 2 is 1.85 bits per heavy atom. The Morgan fingerprint density at radius 3 is 2.61 bits per heavy atom. The molecule has 1 aliphatic heterocycles. The predicted molar refractivity (Wildman–Crippen MR) is 131 cm³/mol. The Kier molecular flexibility index (Phi) is 7.00. The second-order valence-corrected chi connectivity index (χ2v) is 8.45. The van der Waals surface area contributed by atoms with Crippen LogP contribution in [0.5, 0.6) is 11.5 Å². The first-order valence-electron chi connectivity index (χ1n) is 10.5. The molecule has 3 aromatic carbocycles. The number of hydrogen-bond acceptors (Lipinski definition) is 5. The lowest BCUT2D eigenvalue weighted by Gasteiger charge is -2.19. The summed E-state index contributed by atoms with van der Waals surface area (Å²) in [4.78, 5) is 26.8. The number of anilines is 1. The molecule has 6 nitrogen and oxygen atoms in total. The summed E-state index contributed by atoms with van der Waals surface area (Å²) in [6, 6.07) is 20.6. The molecule has 0 fully saturated rings. The highest BCUT2D eigenvalue weighted by atomic mass is 32.2. The third-order valence-corrected chi connectivity index (χ3v) is 6.30. The molecule has 0 spiro atoms. The Hall–Kier alpha value is -3.71. The highest BCUT2D eigenvalue weighted by Crippen LogP contribution is 2.39. The fourth-order valence-corrected chi connectivity index (χ4v) is 4.42. The van der Waals surface area contributed by atoms with Gasteiger partial charge in [-0.05, 0) is 60.0 Å². The van der Waals surface area contributed by atoms with E-state index in [1.54, 1.807) is 26.4 Å². The van der Waals surface area contributed by atoms with Crippen LogP contribution in [0.25, 0.3) is 6.08 Å². The molecule has 0 aromatic heterocycles. The molecule has 0 unspecified atom stereocenters. The number of benzene rings is 3. The summed E-state index contributed by atoms with van der Waals surface area (Å²) < 4.78 is 10.7. The van der Waals surface area contributed by atoms with Crippen LogP contribution in [0.15, 0.2) is 76.5 Å². The van der Waals surface area contributed by atoms with Crippen LogP contribution < -0.4 is 20.1 Å². The molecule has 2 amide bonds. The van der Waals surface area contributed by atoms with Crippen molar-refractivity contribution in [3.05, 3.63) is 88.3 Å². The van der Waals surface area contributed by atoms with E-state index < -0.39 is 0 Å². The van der Waals surface area contributed by atoms with Crippen molar-refractivity contribution in [1.82, 2.24) is 5.32 Å². The fraction of sp³-hybridized carbons (Fsp3) is 0.154. The Morgan fingerprint density at radius 1 is 1.03 bits per heavy atom. The molecule has 2 N–H and O–H groups in total. The second-order valence-electron chi connectivity index (χ2n) is 7.37. The van der Waals surface area contributed by atoms with E-state index in [0.717, 1.165) is 27.5 Å². The molecule has 0 radical (unpaired) electrons. The lowest BCUT2D eigenvalue weighted by molar-refractivity contribution is -0.112. The van der Waals surface area contributed by atoms with Gasteiger partial charge in [-0.2, -0.15) is 0 Å². The van der Waals surface area contributed by atoms with Gasteiger partial charge in [0, 0.05) is 17.0 Å². The van der Waals surface area contributed by atoms with Crippen LogP contribution in [0.1, 0.15) is 21.5 Å². The summed E-state index contributed by atoms with van der Waals surface area (Å²) in [5.41, 5.74) is 3.03. The first kappa shape index (κ1) is 22.5. The zero-order valence-electron chi connectivity index (χ0n) is 18.4. The van der Waals surface area contributed by atoms with E-state index in [0.29, 0.717) is 29.1 Å². The quantitative estimate of drug-likeness (QED) is 0.497. The second kappa shape index (κ2) is 10.3. The van der Waals surface area contributed by atoms with Crippen LogP contribution in [0.3, 0.4) is 0 Å². The van der Waals surface area contributed by atoms with Crippen LogP contribution in [0, 0.1) is 0 Å². The van der Waals surface area contributed by atoms with Crippen LogP contribution in [0.2, 0.25) is 0 Å². The molecule has 0 saturated heterocycles. The van der Waals surface area contributed by atoms with Crippen molar-refractivity contribution in [3.63, 3.8) is 0 Å². The van der Waals surface area contributed by atoms with Crippen molar-refractivity contribution in [1.29, 1.82) is 0 Å². The van der Waals surface area contributed by atoms with Gasteiger partial charge in [-0.25, -0.2) is 0 Å². The Bertz CT molecular complexity index is 1210. The lowest BCUT2D eigenvalue weighted by atomic mass is 10.1. The van der Waals surface area contributed by atoms with Gasteiger partial charge in [0.15, 0.2) is 0 Å². The Labute approximate surface area is 197 Å². The van der Waals surface area contributed by atoms with Crippen molar-refractivity contribution in [2.24, 2.45) is 0 Å². The van der Waals surface area contributed by atoms with Gasteiger partial charge in [0.05, 0.1) is 24.8 Å². The molecule has 7 heteroatoms. The molecule has 1 aliphatic rings. The Balaban J connectivity index is 1.41. The normalized spacial score (nSPS) is 13.8. The number of thioether (sulfide) groups is 1. The van der Waals surface area contributed by atoms with E-state index in [1.165, 1.54) is 11.8 Å². The maximum absolute atomic E-state index is 12.7. The maximum Gasteiger partial charge on any atom is 0.262 e. The van der Waals surface area contributed by atoms with Gasteiger partial charge in [0.2, 0.25) is 0 Å². The predicted octanol–water partition coefficient (Wildman–Crippen LogP) is 4.76. The minimum atomic E-state index is -0.204. The van der Waals surface area contributed by atoms with Gasteiger partial charge in [-0.3, -0.25) is 9.59 Å². The van der Waals surface area contributed by atoms with Gasteiger partial charge in [0.25, 0.3) is 11.8 Å². The summed E-state index contributed by atoms with van der Waals surface area (Å²) in [5.74, 6) is 1.10. The molecular formula is C26H24N2O4S. The van der Waals surface area contributed by atoms with Crippen molar-refractivity contribution in [2.75, 3.05) is 26.1 Å². The third kappa shape index (κ3) is 5.38. The van der Waals surface area contributed by atoms with Gasteiger partial charge >= 0.3 is 0 Å². The summed E-state index contributed by atoms with van der Waals surface area (Å²) in [6.45, 7) is 0.435. The van der Waals surface area contributed by atoms with Crippen molar-refractivity contribution < 1.29 is 19.1 Å². The number of nitrogens with one attached hydrogen (secondary N) is 2. The smallest absolute Gasteiger partial charge is 0.262 e. The molecule has 168 valence electrons. The topological polar surface area (TPSA) is 76.7 Å². The highest BCUT2D eigenvalue weighted by Gasteiger charge is 2.22. The van der Waals surface area contributed by atoms with Gasteiger partial charge in [-0.15, -0.1) is 0 Å². The van der Waals surface area contributed by atoms with E-state index in [2.05, 4.69) is 10.6 Å². The number of ether oxygens (including phenoxy) is 2. The number of amides is 2. The van der Waals surface area contributed by atoms with E-state index in [4.69, 9.17) is 9.47 Å². The molecule has 0 bridgehead atoms. The van der Waals surface area contributed by atoms with Crippen molar-refractivity contribution in [2.45, 2.75) is 11.3 Å². The molecular weight excluding hydrogens is 436 g/mol. The molecule has 0 aliphatic carbocycles. The summed E-state index contributed by atoms with van der Waals surface area (Å²) >= 11 is 1.39. The lowest BCUT2D eigenvalue weighted by Crippen LogP contribution is -2.26. The SMILES string of the molecule is COc1ccc(OC)c(CCNC(=O)c2ccc3c(c2)NC(=O)C(=Cc2ccccc2)S3)c1. The number of rotatable bonds is 7. The third-order valence-electron chi connectivity index (χ3n) is 5.20. The van der Waals surface area contributed by atoms with E-state index >= 15 is 0 Å². The monoisotopic (exact) mass is 460 g/mol. The van der Waals surface area contributed by atoms with Crippen LogP contribution in [-0.4, -0.2) is 32.6 Å². The van der Waals surface area contributed by atoms with Gasteiger partial charge in [-0.1, -0.05) is 42.1 Å². The number of carbonyl (C=O) groups excluding carboxylic acids is 2. The average Bonchev–Trinajstić information content (AvgIpc) is 2.84. The minimum absolute atomic E-state index is 0.181. The van der Waals surface area contributed by atoms with E-state index in [1.807, 2.05) is 60.7 Å². The fourth-order valence-electron chi connectivity index (χ4n) is 3.49. The number of hydrogen-bond donors (Lipinski definition) is 2. The summed E-state index contributed by atoms with van der Waals surface area (Å²) in [7, 11) is 3.23. The molecule has 3 aromatic rings. The number of methoxy groups -OCH3 is 2. The first-order valence-corrected chi connectivity index (χ1v) is 11.3. The van der Waals surface area contributed by atoms with Crippen molar-refractivity contribution in [3.8, 4) is 11.5 Å². The molecule has 4 rings (SSSR count). The molecule has 33 heavy (non-hydrogen) atoms. The minimum Gasteiger partial charge on any atom is -0.497 e. The van der Waals surface area contributed by atoms with Crippen molar-refractivity contribution >= 4 is 35.3 Å². The molecule has 0 saturated carbocycles. The molecule has 0 atom stereocenters. The highest BCUT2D eigenvalue weighted by molar-refractivity contribution is 8.04. The average molecular weight is 461 g/mol. The standard InChI is InChI=1S/C26H24N2O4S/c1-31-20-9-10-22(32-2)18(15-20)12-13-27-25(29)19-8-11-23-21(16-19)28-26(30)24(33-23)14-17-6-4-3-5-7-17/h3-11,14-16H,12-13H2,1-2H3,(H,27,29)(H,28,30). The van der Waals surface area contributed by atoms with E-state index in [9.17, 15) is 9.59 Å². The van der Waals surface area contributed by atoms with Gasteiger partial charge < -0.3 is 20.1 Å². The first-order chi connectivity index (χ1) is 16.1. The summed E-state index contributed by atoms with van der Waals surface area (Å²) in [6.07, 6.45) is 2.45. The zero-order valence-corrected chi connectivity index (χ0v) is 19.2. The van der Waals surface area contributed by atoms with E-state index in [-0.39, 0.29) is 11.8 Å². The van der Waals surface area contributed by atoms with Crippen LogP contribution in [0.4, 0.5) is 5.69 Å². The van der Waals surface area contributed by atoms with Crippen LogP contribution >= 0.6 is 11.8 Å². The molecule has 1 heterocycles. The summed E-state index contributed by atoms with van der Waals surface area (Å²) in [5, 5.41) is 5.83.